The molecule has 0 aliphatic rings. The zero-order valence-electron chi connectivity index (χ0n) is 12.4. The number of nitrogens with one attached hydrogen (secondary N) is 2. The van der Waals surface area contributed by atoms with Crippen LogP contribution in [0.25, 0.3) is 0 Å². The van der Waals surface area contributed by atoms with Crippen molar-refractivity contribution in [2.24, 2.45) is 0 Å². The highest BCUT2D eigenvalue weighted by molar-refractivity contribution is 5.93. The second-order valence-electron chi connectivity index (χ2n) is 4.87. The van der Waals surface area contributed by atoms with Crippen LogP contribution in [0.1, 0.15) is 22.3 Å². The monoisotopic (exact) mass is 300 g/mol. The van der Waals surface area contributed by atoms with E-state index >= 15 is 0 Å². The number of amides is 1. The van der Waals surface area contributed by atoms with Gasteiger partial charge in [-0.3, -0.25) is 9.59 Å². The van der Waals surface area contributed by atoms with Crippen LogP contribution in [0.3, 0.4) is 0 Å². The summed E-state index contributed by atoms with van der Waals surface area (Å²) in [7, 11) is 0. The minimum absolute atomic E-state index is 0.132. The van der Waals surface area contributed by atoms with Crippen LogP contribution in [-0.4, -0.2) is 30.6 Å². The molecule has 5 nitrogen and oxygen atoms in total. The summed E-state index contributed by atoms with van der Waals surface area (Å²) < 4.78 is 5.53. The molecular formula is C17H20N2O3. The summed E-state index contributed by atoms with van der Waals surface area (Å²) in [5, 5.41) is 2.71. The molecule has 1 amide bonds. The highest BCUT2D eigenvalue weighted by Gasteiger charge is 2.07. The van der Waals surface area contributed by atoms with Gasteiger partial charge >= 0.3 is 0 Å². The molecule has 0 saturated heterocycles. The molecule has 2 aromatic rings. The van der Waals surface area contributed by atoms with E-state index < -0.39 is 0 Å². The van der Waals surface area contributed by atoms with Gasteiger partial charge in [-0.2, -0.15) is 0 Å². The fourth-order valence-corrected chi connectivity index (χ4v) is 2.01. The lowest BCUT2D eigenvalue weighted by molar-refractivity contribution is 0.0940. The van der Waals surface area contributed by atoms with Crippen molar-refractivity contribution in [1.29, 1.82) is 0 Å². The van der Waals surface area contributed by atoms with E-state index in [1.54, 1.807) is 6.07 Å². The number of aromatic nitrogens is 1. The first-order chi connectivity index (χ1) is 10.8. The fourth-order valence-electron chi connectivity index (χ4n) is 2.01. The van der Waals surface area contributed by atoms with E-state index in [0.717, 1.165) is 6.42 Å². The average molecular weight is 300 g/mol. The molecule has 0 unspecified atom stereocenters. The molecule has 5 heteroatoms. The van der Waals surface area contributed by atoms with E-state index in [1.807, 2.05) is 18.2 Å². The Balaban J connectivity index is 1.57. The molecular weight excluding hydrogens is 280 g/mol. The first kappa shape index (κ1) is 16.0. The largest absolute Gasteiger partial charge is 0.381 e. The Morgan fingerprint density at radius 3 is 2.68 bits per heavy atom. The molecule has 0 bridgehead atoms. The second-order valence-corrected chi connectivity index (χ2v) is 4.87. The van der Waals surface area contributed by atoms with Crippen molar-refractivity contribution >= 4 is 5.91 Å². The number of pyridine rings is 1. The molecule has 2 N–H and O–H groups in total. The van der Waals surface area contributed by atoms with Gasteiger partial charge in [0, 0.05) is 19.3 Å². The Bertz CT molecular complexity index is 638. The molecule has 0 fully saturated rings. The van der Waals surface area contributed by atoms with Gasteiger partial charge in [0.25, 0.3) is 11.5 Å². The molecule has 0 aliphatic carbocycles. The van der Waals surface area contributed by atoms with Gasteiger partial charge in [0.15, 0.2) is 0 Å². The second kappa shape index (κ2) is 8.79. The highest BCUT2D eigenvalue weighted by Crippen LogP contribution is 1.99. The number of benzene rings is 1. The van der Waals surface area contributed by atoms with Gasteiger partial charge in [0.05, 0.1) is 6.61 Å². The van der Waals surface area contributed by atoms with Crippen molar-refractivity contribution < 1.29 is 9.53 Å². The van der Waals surface area contributed by atoms with Crippen molar-refractivity contribution in [2.75, 3.05) is 19.8 Å². The molecule has 0 atom stereocenters. The Morgan fingerprint density at radius 2 is 1.91 bits per heavy atom. The third-order valence-electron chi connectivity index (χ3n) is 3.19. The van der Waals surface area contributed by atoms with Crippen LogP contribution in [0.5, 0.6) is 0 Å². The number of aromatic amines is 1. The van der Waals surface area contributed by atoms with Crippen molar-refractivity contribution in [3.8, 4) is 0 Å². The molecule has 2 rings (SSSR count). The van der Waals surface area contributed by atoms with Crippen molar-refractivity contribution in [2.45, 2.75) is 12.8 Å². The first-order valence-electron chi connectivity index (χ1n) is 7.35. The highest BCUT2D eigenvalue weighted by atomic mass is 16.5. The fraction of sp³-hybridized carbons (Fsp3) is 0.294. The summed E-state index contributed by atoms with van der Waals surface area (Å²) in [6, 6.07) is 13.3. The van der Waals surface area contributed by atoms with Crippen LogP contribution in [0, 0.1) is 0 Å². The van der Waals surface area contributed by atoms with E-state index in [0.29, 0.717) is 26.2 Å². The maximum Gasteiger partial charge on any atom is 0.260 e. The van der Waals surface area contributed by atoms with Gasteiger partial charge in [-0.05, 0) is 30.5 Å². The van der Waals surface area contributed by atoms with Crippen molar-refractivity contribution in [1.82, 2.24) is 10.3 Å². The molecule has 0 saturated carbocycles. The standard InChI is InChI=1S/C17H20N2O3/c20-16-15(8-4-10-18-16)17(21)19-11-5-12-22-13-9-14-6-2-1-3-7-14/h1-4,6-8,10H,5,9,11-13H2,(H,18,20)(H,19,21). The zero-order valence-corrected chi connectivity index (χ0v) is 12.4. The van der Waals surface area contributed by atoms with Crippen LogP contribution >= 0.6 is 0 Å². The predicted octanol–water partition coefficient (Wildman–Crippen LogP) is 1.75. The van der Waals surface area contributed by atoms with Gasteiger partial charge in [0.1, 0.15) is 5.56 Å². The van der Waals surface area contributed by atoms with E-state index in [4.69, 9.17) is 4.74 Å². The van der Waals surface area contributed by atoms with Gasteiger partial charge in [-0.25, -0.2) is 0 Å². The van der Waals surface area contributed by atoms with Crippen LogP contribution < -0.4 is 10.9 Å². The summed E-state index contributed by atoms with van der Waals surface area (Å²) in [5.74, 6) is -0.355. The molecule has 116 valence electrons. The number of carbonyl (C=O) groups is 1. The van der Waals surface area contributed by atoms with Crippen LogP contribution in [0.15, 0.2) is 53.5 Å². The maximum atomic E-state index is 11.8. The lowest BCUT2D eigenvalue weighted by atomic mass is 10.2. The number of carbonyl (C=O) groups excluding carboxylic acids is 1. The molecule has 22 heavy (non-hydrogen) atoms. The number of ether oxygens (including phenoxy) is 1. The van der Waals surface area contributed by atoms with Crippen LogP contribution in [0.4, 0.5) is 0 Å². The first-order valence-corrected chi connectivity index (χ1v) is 7.35. The molecule has 0 radical (unpaired) electrons. The van der Waals surface area contributed by atoms with E-state index in [2.05, 4.69) is 22.4 Å². The molecule has 1 heterocycles. The Hall–Kier alpha value is -2.40. The third kappa shape index (κ3) is 5.18. The van der Waals surface area contributed by atoms with E-state index in [-0.39, 0.29) is 17.0 Å². The normalized spacial score (nSPS) is 10.4. The quantitative estimate of drug-likeness (QED) is 0.730. The SMILES string of the molecule is O=C(NCCCOCCc1ccccc1)c1ccc[nH]c1=O. The summed E-state index contributed by atoms with van der Waals surface area (Å²) in [5.41, 5.74) is 1.01. The minimum atomic E-state index is -0.376. The van der Waals surface area contributed by atoms with Gasteiger partial charge in [0.2, 0.25) is 0 Å². The summed E-state index contributed by atoms with van der Waals surface area (Å²) in [6.45, 7) is 1.73. The summed E-state index contributed by atoms with van der Waals surface area (Å²) in [6.07, 6.45) is 3.09. The summed E-state index contributed by atoms with van der Waals surface area (Å²) >= 11 is 0. The maximum absolute atomic E-state index is 11.8. The van der Waals surface area contributed by atoms with Gasteiger partial charge in [-0.1, -0.05) is 30.3 Å². The average Bonchev–Trinajstić information content (AvgIpc) is 2.55. The molecule has 0 aliphatic heterocycles. The predicted molar refractivity (Wildman–Crippen MR) is 85.0 cm³/mol. The lowest BCUT2D eigenvalue weighted by Crippen LogP contribution is -2.30. The van der Waals surface area contributed by atoms with E-state index in [1.165, 1.54) is 17.8 Å². The number of rotatable bonds is 8. The van der Waals surface area contributed by atoms with Gasteiger partial charge < -0.3 is 15.0 Å². The number of H-pyrrole nitrogens is 1. The minimum Gasteiger partial charge on any atom is -0.381 e. The smallest absolute Gasteiger partial charge is 0.260 e. The number of hydrogen-bond acceptors (Lipinski definition) is 3. The van der Waals surface area contributed by atoms with E-state index in [9.17, 15) is 9.59 Å². The Kier molecular flexibility index (Phi) is 6.39. The lowest BCUT2D eigenvalue weighted by Gasteiger charge is -2.06. The molecule has 1 aromatic carbocycles. The van der Waals surface area contributed by atoms with Crippen molar-refractivity contribution in [3.05, 3.63) is 70.1 Å². The molecule has 1 aromatic heterocycles. The van der Waals surface area contributed by atoms with Crippen LogP contribution in [-0.2, 0) is 11.2 Å². The van der Waals surface area contributed by atoms with Crippen LogP contribution in [0.2, 0.25) is 0 Å². The zero-order chi connectivity index (χ0) is 15.6. The van der Waals surface area contributed by atoms with Gasteiger partial charge in [-0.15, -0.1) is 0 Å². The number of hydrogen-bond donors (Lipinski definition) is 2. The summed E-state index contributed by atoms with van der Waals surface area (Å²) in [4.78, 5) is 25.7. The molecule has 0 spiro atoms. The Labute approximate surface area is 129 Å². The Morgan fingerprint density at radius 1 is 1.09 bits per heavy atom. The third-order valence-corrected chi connectivity index (χ3v) is 3.19. The topological polar surface area (TPSA) is 71.2 Å². The van der Waals surface area contributed by atoms with Crippen molar-refractivity contribution in [3.63, 3.8) is 0 Å².